The van der Waals surface area contributed by atoms with Gasteiger partial charge < -0.3 is 10.1 Å². The predicted octanol–water partition coefficient (Wildman–Crippen LogP) is 2.45. The Bertz CT molecular complexity index is 703. The Morgan fingerprint density at radius 3 is 2.27 bits per heavy atom. The third-order valence-corrected chi connectivity index (χ3v) is 3.73. The molecule has 0 spiro atoms. The van der Waals surface area contributed by atoms with Gasteiger partial charge >= 0.3 is 6.03 Å². The van der Waals surface area contributed by atoms with Crippen LogP contribution in [-0.2, 0) is 10.3 Å². The highest BCUT2D eigenvalue weighted by Gasteiger charge is 2.48. The van der Waals surface area contributed by atoms with Crippen LogP contribution in [0.1, 0.15) is 5.56 Å². The van der Waals surface area contributed by atoms with E-state index < -0.39 is 17.5 Å². The fraction of sp³-hybridized carbons (Fsp3) is 0.125. The van der Waals surface area contributed by atoms with E-state index in [9.17, 15) is 9.59 Å². The number of imide groups is 1. The van der Waals surface area contributed by atoms with Gasteiger partial charge in [-0.1, -0.05) is 41.9 Å². The van der Waals surface area contributed by atoms with E-state index >= 15 is 0 Å². The topological polar surface area (TPSA) is 67.4 Å². The molecule has 0 radical (unpaired) electrons. The van der Waals surface area contributed by atoms with Crippen molar-refractivity contribution in [1.29, 1.82) is 0 Å². The van der Waals surface area contributed by atoms with Crippen molar-refractivity contribution in [3.8, 4) is 5.75 Å². The molecule has 2 N–H and O–H groups in total. The molecule has 112 valence electrons. The van der Waals surface area contributed by atoms with Crippen LogP contribution in [0, 0.1) is 0 Å². The van der Waals surface area contributed by atoms with E-state index in [0.717, 1.165) is 0 Å². The molecule has 3 amide bonds. The van der Waals surface area contributed by atoms with Crippen LogP contribution in [0.3, 0.4) is 0 Å². The molecule has 1 aliphatic heterocycles. The maximum Gasteiger partial charge on any atom is 0.322 e. The third-order valence-electron chi connectivity index (χ3n) is 3.48. The first-order valence-electron chi connectivity index (χ1n) is 6.68. The van der Waals surface area contributed by atoms with E-state index in [1.54, 1.807) is 48.5 Å². The minimum atomic E-state index is -1.24. The number of benzene rings is 2. The van der Waals surface area contributed by atoms with Crippen LogP contribution < -0.4 is 15.4 Å². The molecular weight excluding hydrogens is 304 g/mol. The minimum Gasteiger partial charge on any atom is -0.490 e. The average molecular weight is 317 g/mol. The number of nitrogens with one attached hydrogen (secondary N) is 2. The van der Waals surface area contributed by atoms with E-state index in [4.69, 9.17) is 16.3 Å². The van der Waals surface area contributed by atoms with Crippen molar-refractivity contribution >= 4 is 23.5 Å². The maximum atomic E-state index is 12.3. The summed E-state index contributed by atoms with van der Waals surface area (Å²) in [4.78, 5) is 23.9. The Hall–Kier alpha value is -2.53. The van der Waals surface area contributed by atoms with Crippen LogP contribution in [0.25, 0.3) is 0 Å². The van der Waals surface area contributed by atoms with Crippen molar-refractivity contribution in [2.45, 2.75) is 5.54 Å². The monoisotopic (exact) mass is 316 g/mol. The molecule has 3 rings (SSSR count). The number of rotatable bonds is 4. The second kappa shape index (κ2) is 5.69. The van der Waals surface area contributed by atoms with Gasteiger partial charge in [-0.3, -0.25) is 10.1 Å². The third kappa shape index (κ3) is 2.63. The normalized spacial score (nSPS) is 20.4. The number of halogens is 1. The lowest BCUT2D eigenvalue weighted by molar-refractivity contribution is -0.125. The number of ether oxygens (including phenoxy) is 1. The van der Waals surface area contributed by atoms with Gasteiger partial charge in [0.15, 0.2) is 5.54 Å². The summed E-state index contributed by atoms with van der Waals surface area (Å²) in [5.74, 6) is 0.131. The number of carbonyl (C=O) groups excluding carboxylic acids is 2. The molecule has 1 atom stereocenters. The summed E-state index contributed by atoms with van der Waals surface area (Å²) >= 11 is 5.83. The maximum absolute atomic E-state index is 12.3. The molecular formula is C16H13ClN2O3. The summed E-state index contributed by atoms with van der Waals surface area (Å²) in [7, 11) is 0. The first-order chi connectivity index (χ1) is 10.6. The summed E-state index contributed by atoms with van der Waals surface area (Å²) in [6.07, 6.45) is 0. The highest BCUT2D eigenvalue weighted by Crippen LogP contribution is 2.26. The Morgan fingerprint density at radius 1 is 1.00 bits per heavy atom. The Kier molecular flexibility index (Phi) is 3.73. The van der Waals surface area contributed by atoms with E-state index in [-0.39, 0.29) is 6.61 Å². The molecule has 0 aliphatic carbocycles. The highest BCUT2D eigenvalue weighted by molar-refractivity contribution is 6.30. The second-order valence-electron chi connectivity index (χ2n) is 4.92. The molecule has 0 saturated carbocycles. The van der Waals surface area contributed by atoms with Crippen molar-refractivity contribution in [1.82, 2.24) is 10.6 Å². The van der Waals surface area contributed by atoms with Gasteiger partial charge in [0.1, 0.15) is 12.4 Å². The standard InChI is InChI=1S/C16H13ClN2O3/c17-12-6-8-13(9-7-12)22-10-16(11-4-2-1-3-5-11)14(20)18-15(21)19-16/h1-9H,10H2,(H2,18,19,20,21). The van der Waals surface area contributed by atoms with Crippen molar-refractivity contribution in [2.24, 2.45) is 0 Å². The smallest absolute Gasteiger partial charge is 0.322 e. The van der Waals surface area contributed by atoms with E-state index in [1.165, 1.54) is 0 Å². The van der Waals surface area contributed by atoms with E-state index in [1.807, 2.05) is 6.07 Å². The molecule has 6 heteroatoms. The van der Waals surface area contributed by atoms with Gasteiger partial charge in [0.05, 0.1) is 0 Å². The van der Waals surface area contributed by atoms with Crippen LogP contribution in [-0.4, -0.2) is 18.5 Å². The van der Waals surface area contributed by atoms with Gasteiger partial charge in [-0.05, 0) is 29.8 Å². The number of hydrogen-bond acceptors (Lipinski definition) is 3. The fourth-order valence-corrected chi connectivity index (χ4v) is 2.45. The molecule has 0 aromatic heterocycles. The number of hydrogen-bond donors (Lipinski definition) is 2. The summed E-state index contributed by atoms with van der Waals surface area (Å²) < 4.78 is 5.69. The van der Waals surface area contributed by atoms with Crippen molar-refractivity contribution in [3.63, 3.8) is 0 Å². The number of urea groups is 1. The quantitative estimate of drug-likeness (QED) is 0.851. The van der Waals surface area contributed by atoms with E-state index in [0.29, 0.717) is 16.3 Å². The fourth-order valence-electron chi connectivity index (χ4n) is 2.32. The molecule has 1 unspecified atom stereocenters. The largest absolute Gasteiger partial charge is 0.490 e. The Balaban J connectivity index is 1.88. The molecule has 1 fully saturated rings. The lowest BCUT2D eigenvalue weighted by Gasteiger charge is -2.26. The van der Waals surface area contributed by atoms with Crippen LogP contribution >= 0.6 is 11.6 Å². The molecule has 0 bridgehead atoms. The second-order valence-corrected chi connectivity index (χ2v) is 5.36. The van der Waals surface area contributed by atoms with Gasteiger partial charge in [-0.15, -0.1) is 0 Å². The van der Waals surface area contributed by atoms with E-state index in [2.05, 4.69) is 10.6 Å². The van der Waals surface area contributed by atoms with Gasteiger partial charge in [-0.25, -0.2) is 4.79 Å². The van der Waals surface area contributed by atoms with Crippen LogP contribution in [0.15, 0.2) is 54.6 Å². The zero-order chi connectivity index (χ0) is 15.6. The first-order valence-corrected chi connectivity index (χ1v) is 7.05. The molecule has 1 aliphatic rings. The zero-order valence-electron chi connectivity index (χ0n) is 11.5. The highest BCUT2D eigenvalue weighted by atomic mass is 35.5. The lowest BCUT2D eigenvalue weighted by Crippen LogP contribution is -2.48. The van der Waals surface area contributed by atoms with Crippen molar-refractivity contribution < 1.29 is 14.3 Å². The predicted molar refractivity (Wildman–Crippen MR) is 81.7 cm³/mol. The number of amides is 3. The number of carbonyl (C=O) groups is 2. The average Bonchev–Trinajstić information content (AvgIpc) is 2.83. The minimum absolute atomic E-state index is 0.0176. The molecule has 2 aromatic carbocycles. The summed E-state index contributed by atoms with van der Waals surface area (Å²) in [6, 6.07) is 15.3. The van der Waals surface area contributed by atoms with Crippen LogP contribution in [0.5, 0.6) is 5.75 Å². The lowest BCUT2D eigenvalue weighted by atomic mass is 9.91. The van der Waals surface area contributed by atoms with Crippen LogP contribution in [0.2, 0.25) is 5.02 Å². The van der Waals surface area contributed by atoms with Crippen molar-refractivity contribution in [2.75, 3.05) is 6.61 Å². The summed E-state index contributed by atoms with van der Waals surface area (Å²) in [6.45, 7) is -0.0176. The molecule has 1 saturated heterocycles. The first kappa shape index (κ1) is 14.4. The molecule has 5 nitrogen and oxygen atoms in total. The zero-order valence-corrected chi connectivity index (χ0v) is 12.3. The van der Waals surface area contributed by atoms with Crippen molar-refractivity contribution in [3.05, 3.63) is 65.2 Å². The molecule has 1 heterocycles. The van der Waals surface area contributed by atoms with Gasteiger partial charge in [0.25, 0.3) is 5.91 Å². The van der Waals surface area contributed by atoms with Gasteiger partial charge in [-0.2, -0.15) is 0 Å². The SMILES string of the molecule is O=C1NC(=O)C(COc2ccc(Cl)cc2)(c2ccccc2)N1. The molecule has 22 heavy (non-hydrogen) atoms. The van der Waals surface area contributed by atoms with Crippen LogP contribution in [0.4, 0.5) is 4.79 Å². The Morgan fingerprint density at radius 2 is 1.68 bits per heavy atom. The summed E-state index contributed by atoms with van der Waals surface area (Å²) in [5, 5.41) is 5.52. The molecule has 2 aromatic rings. The Labute approximate surface area is 132 Å². The summed E-state index contributed by atoms with van der Waals surface area (Å²) in [5.41, 5.74) is -0.579. The van der Waals surface area contributed by atoms with Gasteiger partial charge in [0.2, 0.25) is 0 Å². The van der Waals surface area contributed by atoms with Gasteiger partial charge in [0, 0.05) is 5.02 Å².